The molecule has 5 aromatic rings. The summed E-state index contributed by atoms with van der Waals surface area (Å²) in [7, 11) is 0. The van der Waals surface area contributed by atoms with Crippen molar-refractivity contribution in [1.29, 1.82) is 0 Å². The number of ether oxygens (including phenoxy) is 6. The smallest absolute Gasteiger partial charge is 0.350 e. The Labute approximate surface area is 301 Å². The van der Waals surface area contributed by atoms with Crippen molar-refractivity contribution in [3.05, 3.63) is 94.3 Å². The summed E-state index contributed by atoms with van der Waals surface area (Å²) in [4.78, 5) is 11.8. The number of furan rings is 2. The van der Waals surface area contributed by atoms with E-state index in [-0.39, 0.29) is 11.7 Å². The van der Waals surface area contributed by atoms with E-state index in [9.17, 15) is 4.79 Å². The Bertz CT molecular complexity index is 2300. The molecule has 3 aliphatic heterocycles. The largest absolute Gasteiger partial charge is 0.488 e. The van der Waals surface area contributed by atoms with E-state index in [0.29, 0.717) is 65.1 Å². The molecule has 0 saturated carbocycles. The summed E-state index contributed by atoms with van der Waals surface area (Å²) >= 11 is 0. The van der Waals surface area contributed by atoms with Crippen molar-refractivity contribution in [2.75, 3.05) is 13.2 Å². The van der Waals surface area contributed by atoms with E-state index in [4.69, 9.17) is 41.7 Å². The van der Waals surface area contributed by atoms with Crippen molar-refractivity contribution in [2.24, 2.45) is 0 Å². The lowest BCUT2D eigenvalue weighted by Crippen LogP contribution is -2.38. The van der Waals surface area contributed by atoms with Gasteiger partial charge in [0.1, 0.15) is 47.2 Å². The van der Waals surface area contributed by atoms with Gasteiger partial charge in [-0.25, -0.2) is 4.79 Å². The summed E-state index contributed by atoms with van der Waals surface area (Å²) in [5.41, 5.74) is 3.83. The molecule has 0 N–H and O–H groups in total. The van der Waals surface area contributed by atoms with Crippen LogP contribution < -0.4 is 19.8 Å². The molecule has 3 atom stereocenters. The van der Waals surface area contributed by atoms with E-state index in [0.717, 1.165) is 41.2 Å². The van der Waals surface area contributed by atoms with Gasteiger partial charge in [-0.15, -0.1) is 0 Å². The molecule has 0 amide bonds. The van der Waals surface area contributed by atoms with E-state index < -0.39 is 17.2 Å². The van der Waals surface area contributed by atoms with Crippen LogP contribution in [0.1, 0.15) is 72.8 Å². The molecule has 2 unspecified atom stereocenters. The van der Waals surface area contributed by atoms with Crippen molar-refractivity contribution >= 4 is 39.0 Å². The first-order valence-corrected chi connectivity index (χ1v) is 17.9. The van der Waals surface area contributed by atoms with Crippen LogP contribution in [0.3, 0.4) is 0 Å². The third-order valence-corrected chi connectivity index (χ3v) is 10.3. The second-order valence-electron chi connectivity index (χ2n) is 15.0. The van der Waals surface area contributed by atoms with Crippen LogP contribution in [0.5, 0.6) is 17.2 Å². The highest BCUT2D eigenvalue weighted by molar-refractivity contribution is 6.01. The summed E-state index contributed by atoms with van der Waals surface area (Å²) in [6.07, 6.45) is 14.7. The van der Waals surface area contributed by atoms with Gasteiger partial charge in [-0.2, -0.15) is 0 Å². The number of rotatable bonds is 12. The molecule has 0 radical (unpaired) electrons. The second-order valence-corrected chi connectivity index (χ2v) is 15.0. The first-order chi connectivity index (χ1) is 24.9. The van der Waals surface area contributed by atoms with E-state index in [1.54, 1.807) is 24.7 Å². The maximum absolute atomic E-state index is 11.8. The molecule has 2 fully saturated rings. The molecule has 0 aliphatic carbocycles. The number of benzene rings is 2. The van der Waals surface area contributed by atoms with Gasteiger partial charge in [-0.1, -0.05) is 11.1 Å². The van der Waals surface area contributed by atoms with Crippen molar-refractivity contribution in [1.82, 2.24) is 0 Å². The SMILES string of the molecule is CC(=CCOc1c2c(cc3occc13)O[C@]1(C=C2)OC(CCC(C)=CCOc2c3ccoc3cc3oc(=O)ccc23)C(C)(C)O1)CCC1OC1(C)C. The molecule has 3 aromatic heterocycles. The minimum Gasteiger partial charge on any atom is -0.488 e. The lowest BCUT2D eigenvalue weighted by molar-refractivity contribution is -0.270. The second kappa shape index (κ2) is 13.0. The monoisotopic (exact) mass is 708 g/mol. The summed E-state index contributed by atoms with van der Waals surface area (Å²) in [6, 6.07) is 10.4. The zero-order chi connectivity index (χ0) is 36.3. The van der Waals surface area contributed by atoms with Crippen LogP contribution in [0.4, 0.5) is 0 Å². The number of epoxide rings is 1. The number of fused-ring (bicyclic) bond motifs is 4. The van der Waals surface area contributed by atoms with Gasteiger partial charge in [0.25, 0.3) is 0 Å². The molecule has 2 aromatic carbocycles. The molecule has 0 bridgehead atoms. The summed E-state index contributed by atoms with van der Waals surface area (Å²) in [5.74, 6) is 0.495. The predicted octanol–water partition coefficient (Wildman–Crippen LogP) is 9.63. The van der Waals surface area contributed by atoms with Gasteiger partial charge in [-0.05, 0) is 104 Å². The fourth-order valence-electron chi connectivity index (χ4n) is 7.13. The molecule has 2 saturated heterocycles. The zero-order valence-corrected chi connectivity index (χ0v) is 30.4. The van der Waals surface area contributed by atoms with Crippen LogP contribution in [-0.4, -0.2) is 42.6 Å². The van der Waals surface area contributed by atoms with E-state index >= 15 is 0 Å². The lowest BCUT2D eigenvalue weighted by atomic mass is 9.96. The van der Waals surface area contributed by atoms with Gasteiger partial charge in [0, 0.05) is 24.3 Å². The third-order valence-electron chi connectivity index (χ3n) is 10.3. The quantitative estimate of drug-likeness (QED) is 0.0705. The predicted molar refractivity (Wildman–Crippen MR) is 197 cm³/mol. The summed E-state index contributed by atoms with van der Waals surface area (Å²) in [5, 5.41) is 2.40. The molecule has 3 aliphatic rings. The zero-order valence-electron chi connectivity index (χ0n) is 30.4. The Balaban J connectivity index is 0.918. The van der Waals surface area contributed by atoms with Crippen LogP contribution >= 0.6 is 0 Å². The Morgan fingerprint density at radius 1 is 0.750 bits per heavy atom. The van der Waals surface area contributed by atoms with Crippen molar-refractivity contribution in [3.63, 3.8) is 0 Å². The van der Waals surface area contributed by atoms with E-state index in [1.807, 2.05) is 50.3 Å². The van der Waals surface area contributed by atoms with Crippen LogP contribution in [0.25, 0.3) is 39.0 Å². The topological polar surface area (TPSA) is 115 Å². The maximum atomic E-state index is 11.8. The average molecular weight is 709 g/mol. The number of hydrogen-bond acceptors (Lipinski definition) is 10. The van der Waals surface area contributed by atoms with Crippen LogP contribution in [0, 0.1) is 0 Å². The first-order valence-electron chi connectivity index (χ1n) is 17.9. The maximum Gasteiger partial charge on any atom is 0.350 e. The van der Waals surface area contributed by atoms with Crippen molar-refractivity contribution in [2.45, 2.75) is 96.6 Å². The Hall–Kier alpha value is -4.77. The highest BCUT2D eigenvalue weighted by Gasteiger charge is 2.54. The van der Waals surface area contributed by atoms with E-state index in [1.165, 1.54) is 11.6 Å². The van der Waals surface area contributed by atoms with Crippen LogP contribution in [-0.2, 0) is 14.2 Å². The molecule has 10 heteroatoms. The molecular weight excluding hydrogens is 664 g/mol. The standard InChI is InChI=1S/C42H44O10/c1-25(7-10-35-40(3,4)50-35)15-20-47-39-28-13-18-42(49-34(28)24-32-30(39)17-22-45-32)51-36(41(5,6)52-42)11-8-26(2)14-19-46-38-27-9-12-37(43)48-33(27)23-31-29(38)16-21-44-31/h9,12-18,21-24,35-36H,7-8,10-11,19-20H2,1-6H3/t35?,36?,42-/m1/s1. The van der Waals surface area contributed by atoms with Gasteiger partial charge in [0.05, 0.1) is 57.7 Å². The fraction of sp³-hybridized carbons (Fsp3) is 0.405. The number of allylic oxidation sites excluding steroid dienone is 2. The van der Waals surface area contributed by atoms with Gasteiger partial charge in [0.2, 0.25) is 0 Å². The molecular formula is C42H44O10. The third kappa shape index (κ3) is 6.66. The number of hydrogen-bond donors (Lipinski definition) is 0. The van der Waals surface area contributed by atoms with Gasteiger partial charge >= 0.3 is 11.6 Å². The minimum atomic E-state index is -1.38. The van der Waals surface area contributed by atoms with Gasteiger partial charge in [0.15, 0.2) is 0 Å². The highest BCUT2D eigenvalue weighted by Crippen LogP contribution is 2.48. The van der Waals surface area contributed by atoms with Gasteiger partial charge < -0.3 is 41.7 Å². The molecule has 8 rings (SSSR count). The van der Waals surface area contributed by atoms with Crippen molar-refractivity contribution in [3.8, 4) is 17.2 Å². The average Bonchev–Trinajstić information content (AvgIpc) is 3.49. The molecule has 1 spiro atoms. The van der Waals surface area contributed by atoms with Crippen LogP contribution in [0.15, 0.2) is 96.3 Å². The molecule has 272 valence electrons. The summed E-state index contributed by atoms with van der Waals surface area (Å²) < 4.78 is 54.7. The Morgan fingerprint density at radius 2 is 1.35 bits per heavy atom. The highest BCUT2D eigenvalue weighted by atomic mass is 16.9. The van der Waals surface area contributed by atoms with Crippen LogP contribution in [0.2, 0.25) is 0 Å². The molecule has 10 nitrogen and oxygen atoms in total. The molecule has 6 heterocycles. The Morgan fingerprint density at radius 3 is 2.02 bits per heavy atom. The van der Waals surface area contributed by atoms with E-state index in [2.05, 4.69) is 33.8 Å². The Kier molecular flexibility index (Phi) is 8.59. The lowest BCUT2D eigenvalue weighted by Gasteiger charge is -2.30. The van der Waals surface area contributed by atoms with Crippen molar-refractivity contribution < 1.29 is 41.7 Å². The first kappa shape index (κ1) is 34.3. The fourth-order valence-corrected chi connectivity index (χ4v) is 7.13. The van der Waals surface area contributed by atoms with Gasteiger partial charge in [-0.3, -0.25) is 0 Å². The minimum absolute atomic E-state index is 0.00205. The normalized spacial score (nSPS) is 23.4. The molecule has 52 heavy (non-hydrogen) atoms. The summed E-state index contributed by atoms with van der Waals surface area (Å²) in [6.45, 7) is 13.3.